The van der Waals surface area contributed by atoms with Gasteiger partial charge in [0.25, 0.3) is 0 Å². The van der Waals surface area contributed by atoms with Gasteiger partial charge in [0.15, 0.2) is 5.78 Å². The number of anilines is 1. The van der Waals surface area contributed by atoms with E-state index in [-0.39, 0.29) is 5.78 Å². The molecule has 6 heteroatoms. The van der Waals surface area contributed by atoms with Gasteiger partial charge in [-0.25, -0.2) is 4.79 Å². The smallest absolute Gasteiger partial charge is 0.410 e. The Morgan fingerprint density at radius 3 is 2.67 bits per heavy atom. The number of carbonyl (C=O) groups excluding carboxylic acids is 2. The lowest BCUT2D eigenvalue weighted by molar-refractivity contribution is -0.112. The average Bonchev–Trinajstić information content (AvgIpc) is 2.74. The van der Waals surface area contributed by atoms with Crippen molar-refractivity contribution in [3.05, 3.63) is 29.3 Å². The first-order valence-electron chi connectivity index (χ1n) is 6.63. The molecule has 0 radical (unpaired) electrons. The zero-order valence-corrected chi connectivity index (χ0v) is 13.4. The van der Waals surface area contributed by atoms with E-state index in [1.807, 2.05) is 24.0 Å². The van der Waals surface area contributed by atoms with Crippen molar-refractivity contribution in [2.24, 2.45) is 0 Å². The van der Waals surface area contributed by atoms with Crippen molar-refractivity contribution >= 4 is 29.3 Å². The number of benzene rings is 1. The molecule has 112 valence electrons. The maximum Gasteiger partial charge on any atom is 0.414 e. The van der Waals surface area contributed by atoms with E-state index in [2.05, 4.69) is 0 Å². The Morgan fingerprint density at radius 2 is 2.10 bits per heavy atom. The second kappa shape index (κ2) is 6.22. The third-order valence-corrected chi connectivity index (χ3v) is 4.03. The number of amides is 1. The summed E-state index contributed by atoms with van der Waals surface area (Å²) in [4.78, 5) is 27.4. The van der Waals surface area contributed by atoms with E-state index in [1.165, 1.54) is 11.8 Å². The van der Waals surface area contributed by atoms with Crippen LogP contribution in [0.4, 0.5) is 10.5 Å². The predicted octanol–water partition coefficient (Wildman–Crippen LogP) is 3.11. The van der Waals surface area contributed by atoms with Crippen molar-refractivity contribution in [2.75, 3.05) is 25.5 Å². The number of allylic oxidation sites excluding steroid dienone is 1. The first kappa shape index (κ1) is 15.4. The van der Waals surface area contributed by atoms with Gasteiger partial charge < -0.3 is 14.5 Å². The van der Waals surface area contributed by atoms with Gasteiger partial charge >= 0.3 is 6.09 Å². The van der Waals surface area contributed by atoms with Crippen LogP contribution >= 0.6 is 11.8 Å². The zero-order valence-electron chi connectivity index (χ0n) is 12.5. The first-order valence-corrected chi connectivity index (χ1v) is 7.45. The molecule has 0 aliphatic carbocycles. The van der Waals surface area contributed by atoms with Crippen molar-refractivity contribution in [2.45, 2.75) is 18.7 Å². The molecular formula is C15H18N2O3S. The number of ketones is 1. The zero-order chi connectivity index (χ0) is 15.6. The van der Waals surface area contributed by atoms with Crippen molar-refractivity contribution in [1.82, 2.24) is 4.90 Å². The Bertz CT molecular complexity index is 611. The summed E-state index contributed by atoms with van der Waals surface area (Å²) < 4.78 is 5.27. The highest BCUT2D eigenvalue weighted by molar-refractivity contribution is 8.03. The number of nitrogens with zero attached hydrogens (tertiary/aromatic N) is 2. The van der Waals surface area contributed by atoms with Crippen LogP contribution in [0, 0.1) is 0 Å². The van der Waals surface area contributed by atoms with Crippen LogP contribution in [0.25, 0.3) is 0 Å². The largest absolute Gasteiger partial charge is 0.414 e. The molecule has 0 atom stereocenters. The Hall–Kier alpha value is -1.95. The van der Waals surface area contributed by atoms with E-state index >= 15 is 0 Å². The fraction of sp³-hybridized carbons (Fsp3) is 0.333. The summed E-state index contributed by atoms with van der Waals surface area (Å²) >= 11 is 1.55. The quantitative estimate of drug-likeness (QED) is 0.803. The third-order valence-electron chi connectivity index (χ3n) is 2.92. The fourth-order valence-electron chi connectivity index (χ4n) is 1.94. The molecule has 1 aliphatic rings. The molecule has 0 bridgehead atoms. The molecular weight excluding hydrogens is 288 g/mol. The van der Waals surface area contributed by atoms with Gasteiger partial charge in [-0.2, -0.15) is 0 Å². The summed E-state index contributed by atoms with van der Waals surface area (Å²) in [6.07, 6.45) is 1.21. The van der Waals surface area contributed by atoms with Gasteiger partial charge in [-0.3, -0.25) is 4.79 Å². The van der Waals surface area contributed by atoms with E-state index < -0.39 is 6.09 Å². The topological polar surface area (TPSA) is 49.9 Å². The summed E-state index contributed by atoms with van der Waals surface area (Å²) in [6.45, 7) is 4.29. The molecule has 0 spiro atoms. The van der Waals surface area contributed by atoms with Crippen LogP contribution in [-0.2, 0) is 4.79 Å². The second-order valence-corrected chi connectivity index (χ2v) is 5.89. The molecule has 5 nitrogen and oxygen atoms in total. The van der Waals surface area contributed by atoms with E-state index in [1.54, 1.807) is 38.0 Å². The molecule has 1 aliphatic heterocycles. The van der Waals surface area contributed by atoms with Gasteiger partial charge in [0, 0.05) is 37.7 Å². The average molecular weight is 306 g/mol. The third kappa shape index (κ3) is 3.39. The summed E-state index contributed by atoms with van der Waals surface area (Å²) in [7, 11) is 3.27. The van der Waals surface area contributed by atoms with Crippen LogP contribution in [0.3, 0.4) is 0 Å². The maximum atomic E-state index is 11.6. The Kier molecular flexibility index (Phi) is 4.57. The molecule has 0 aromatic heterocycles. The second-order valence-electron chi connectivity index (χ2n) is 4.83. The minimum absolute atomic E-state index is 0.0167. The number of thioether (sulfide) groups is 1. The molecule has 0 saturated heterocycles. The summed E-state index contributed by atoms with van der Waals surface area (Å²) in [6, 6.07) is 5.49. The molecule has 1 aromatic rings. The highest BCUT2D eigenvalue weighted by Gasteiger charge is 2.25. The maximum absolute atomic E-state index is 11.6. The van der Waals surface area contributed by atoms with Crippen LogP contribution in [0.2, 0.25) is 0 Å². The molecule has 1 heterocycles. The van der Waals surface area contributed by atoms with Crippen molar-refractivity contribution in [3.63, 3.8) is 0 Å². The molecule has 2 rings (SSSR count). The van der Waals surface area contributed by atoms with Gasteiger partial charge in [0.1, 0.15) is 5.75 Å². The molecule has 1 amide bonds. The lowest BCUT2D eigenvalue weighted by Crippen LogP contribution is -2.25. The van der Waals surface area contributed by atoms with Crippen molar-refractivity contribution in [3.8, 4) is 5.75 Å². The normalized spacial score (nSPS) is 15.0. The lowest BCUT2D eigenvalue weighted by atomic mass is 10.2. The molecule has 1 aromatic carbocycles. The van der Waals surface area contributed by atoms with Gasteiger partial charge in [0.05, 0.1) is 10.7 Å². The minimum Gasteiger partial charge on any atom is -0.410 e. The summed E-state index contributed by atoms with van der Waals surface area (Å²) in [5.41, 5.74) is 0.957. The van der Waals surface area contributed by atoms with E-state index in [9.17, 15) is 9.59 Å². The van der Waals surface area contributed by atoms with E-state index in [0.717, 1.165) is 22.2 Å². The van der Waals surface area contributed by atoms with Crippen LogP contribution in [-0.4, -0.2) is 37.4 Å². The monoisotopic (exact) mass is 306 g/mol. The Balaban J connectivity index is 2.30. The molecule has 0 fully saturated rings. The van der Waals surface area contributed by atoms with Gasteiger partial charge in [-0.15, -0.1) is 0 Å². The number of hydrogen-bond donors (Lipinski definition) is 0. The number of hydrogen-bond acceptors (Lipinski definition) is 5. The Labute approximate surface area is 128 Å². The number of carbonyl (C=O) groups is 2. The highest BCUT2D eigenvalue weighted by Crippen LogP contribution is 2.47. The molecule has 21 heavy (non-hydrogen) atoms. The van der Waals surface area contributed by atoms with Gasteiger partial charge in [-0.05, 0) is 26.0 Å². The molecule has 0 saturated carbocycles. The number of rotatable bonds is 3. The van der Waals surface area contributed by atoms with Gasteiger partial charge in [0.2, 0.25) is 0 Å². The standard InChI is InChI=1S/C15H18N2O3S/c1-5-17-12-9-11(20-15(19)16(3)4)6-7-13(12)21-14(17)8-10(2)18/h6-9H,5H2,1-4H3/b14-8-. The Morgan fingerprint density at radius 1 is 1.38 bits per heavy atom. The minimum atomic E-state index is -0.414. The van der Waals surface area contributed by atoms with Crippen LogP contribution in [0.5, 0.6) is 5.75 Å². The summed E-state index contributed by atoms with van der Waals surface area (Å²) in [5.74, 6) is 0.513. The van der Waals surface area contributed by atoms with Crippen molar-refractivity contribution < 1.29 is 14.3 Å². The van der Waals surface area contributed by atoms with Crippen LogP contribution < -0.4 is 9.64 Å². The fourth-order valence-corrected chi connectivity index (χ4v) is 3.14. The SMILES string of the molecule is CCN1/C(=C/C(C)=O)Sc2ccc(OC(=O)N(C)C)cc21. The molecule has 0 unspecified atom stereocenters. The highest BCUT2D eigenvalue weighted by atomic mass is 32.2. The lowest BCUT2D eigenvalue weighted by Gasteiger charge is -2.18. The van der Waals surface area contributed by atoms with Crippen molar-refractivity contribution in [1.29, 1.82) is 0 Å². The summed E-state index contributed by atoms with van der Waals surface area (Å²) in [5, 5.41) is 0.899. The number of ether oxygens (including phenoxy) is 1. The van der Waals surface area contributed by atoms with Gasteiger partial charge in [-0.1, -0.05) is 11.8 Å². The number of fused-ring (bicyclic) bond motifs is 1. The van der Waals surface area contributed by atoms with Crippen LogP contribution in [0.1, 0.15) is 13.8 Å². The first-order chi connectivity index (χ1) is 9.92. The predicted molar refractivity (Wildman–Crippen MR) is 83.8 cm³/mol. The van der Waals surface area contributed by atoms with E-state index in [4.69, 9.17) is 4.74 Å². The molecule has 0 N–H and O–H groups in total. The van der Waals surface area contributed by atoms with Crippen LogP contribution in [0.15, 0.2) is 34.2 Å². The van der Waals surface area contributed by atoms with E-state index in [0.29, 0.717) is 5.75 Å².